The summed E-state index contributed by atoms with van der Waals surface area (Å²) in [5.41, 5.74) is 0. The molecule has 1 fully saturated rings. The third kappa shape index (κ3) is 4.94. The van der Waals surface area contributed by atoms with Gasteiger partial charge >= 0.3 is 11.9 Å². The van der Waals surface area contributed by atoms with E-state index in [1.54, 1.807) is 0 Å². The third-order valence-electron chi connectivity index (χ3n) is 2.77. The molecule has 120 valence electrons. The van der Waals surface area contributed by atoms with Gasteiger partial charge in [0.05, 0.1) is 0 Å². The molecule has 8 nitrogen and oxygen atoms in total. The van der Waals surface area contributed by atoms with Gasteiger partial charge in [-0.15, -0.1) is 0 Å². The van der Waals surface area contributed by atoms with Crippen LogP contribution in [0.4, 0.5) is 4.39 Å². The van der Waals surface area contributed by atoms with Gasteiger partial charge in [-0.25, -0.2) is 4.39 Å². The molecule has 1 rings (SSSR count). The van der Waals surface area contributed by atoms with E-state index in [1.807, 2.05) is 0 Å². The molecule has 0 unspecified atom stereocenters. The molecule has 0 bridgehead atoms. The van der Waals surface area contributed by atoms with Crippen molar-refractivity contribution in [1.29, 1.82) is 0 Å². The Hall–Kier alpha value is -1.74. The number of halogens is 1. The van der Waals surface area contributed by atoms with Crippen molar-refractivity contribution in [2.75, 3.05) is 6.61 Å². The van der Waals surface area contributed by atoms with Gasteiger partial charge in [-0.1, -0.05) is 0 Å². The number of alkyl halides is 1. The molecule has 0 aliphatic carbocycles. The van der Waals surface area contributed by atoms with E-state index in [1.165, 1.54) is 0 Å². The number of carbonyl (C=O) groups is 3. The highest BCUT2D eigenvalue weighted by atomic mass is 19.1. The van der Waals surface area contributed by atoms with Gasteiger partial charge < -0.3 is 24.6 Å². The SMILES string of the molecule is CC(=O)N[C@@H]1[C@@H](OC(C)=O)[C@@H](F)[C@@H](COC(C)=O)O[C@H]1O. The van der Waals surface area contributed by atoms with E-state index in [0.29, 0.717) is 0 Å². The van der Waals surface area contributed by atoms with Crippen molar-refractivity contribution in [3.63, 3.8) is 0 Å². The van der Waals surface area contributed by atoms with Crippen molar-refractivity contribution in [3.05, 3.63) is 0 Å². The first-order valence-corrected chi connectivity index (χ1v) is 6.27. The Bertz CT molecular complexity index is 416. The summed E-state index contributed by atoms with van der Waals surface area (Å²) in [7, 11) is 0. The molecule has 0 aromatic rings. The maximum atomic E-state index is 14.3. The molecule has 1 heterocycles. The Morgan fingerprint density at radius 3 is 2.33 bits per heavy atom. The summed E-state index contributed by atoms with van der Waals surface area (Å²) in [5, 5.41) is 12.1. The fraction of sp³-hybridized carbons (Fsp3) is 0.750. The summed E-state index contributed by atoms with van der Waals surface area (Å²) in [5.74, 6) is -1.97. The first kappa shape index (κ1) is 17.3. The van der Waals surface area contributed by atoms with Crippen molar-refractivity contribution < 1.29 is 38.1 Å². The van der Waals surface area contributed by atoms with E-state index in [0.717, 1.165) is 20.8 Å². The van der Waals surface area contributed by atoms with E-state index in [-0.39, 0.29) is 0 Å². The van der Waals surface area contributed by atoms with Crippen molar-refractivity contribution in [2.24, 2.45) is 0 Å². The summed E-state index contributed by atoms with van der Waals surface area (Å²) >= 11 is 0. The van der Waals surface area contributed by atoms with E-state index >= 15 is 0 Å². The molecule has 0 radical (unpaired) electrons. The predicted molar refractivity (Wildman–Crippen MR) is 65.6 cm³/mol. The molecule has 1 saturated heterocycles. The van der Waals surface area contributed by atoms with Crippen LogP contribution < -0.4 is 5.32 Å². The average molecular weight is 307 g/mol. The van der Waals surface area contributed by atoms with Gasteiger partial charge in [-0.3, -0.25) is 14.4 Å². The molecule has 21 heavy (non-hydrogen) atoms. The van der Waals surface area contributed by atoms with Crippen LogP contribution in [0.15, 0.2) is 0 Å². The molecule has 1 aliphatic rings. The fourth-order valence-corrected chi connectivity index (χ4v) is 1.96. The number of hydrogen-bond acceptors (Lipinski definition) is 7. The van der Waals surface area contributed by atoms with Crippen molar-refractivity contribution >= 4 is 17.8 Å². The fourth-order valence-electron chi connectivity index (χ4n) is 1.96. The molecule has 2 N–H and O–H groups in total. The Balaban J connectivity index is 2.87. The first-order valence-electron chi connectivity index (χ1n) is 6.27. The van der Waals surface area contributed by atoms with Crippen LogP contribution in [0.1, 0.15) is 20.8 Å². The summed E-state index contributed by atoms with van der Waals surface area (Å²) in [6.07, 6.45) is -6.24. The summed E-state index contributed by atoms with van der Waals surface area (Å²) < 4.78 is 28.8. The molecule has 0 saturated carbocycles. The van der Waals surface area contributed by atoms with Crippen LogP contribution in [-0.2, 0) is 28.6 Å². The lowest BCUT2D eigenvalue weighted by atomic mass is 9.98. The third-order valence-corrected chi connectivity index (χ3v) is 2.77. The van der Waals surface area contributed by atoms with Gasteiger partial charge in [0, 0.05) is 20.8 Å². The van der Waals surface area contributed by atoms with Crippen LogP contribution in [0, 0.1) is 0 Å². The highest BCUT2D eigenvalue weighted by molar-refractivity contribution is 5.73. The summed E-state index contributed by atoms with van der Waals surface area (Å²) in [6.45, 7) is 2.92. The van der Waals surface area contributed by atoms with Gasteiger partial charge in [0.2, 0.25) is 5.91 Å². The summed E-state index contributed by atoms with van der Waals surface area (Å²) in [4.78, 5) is 32.9. The number of nitrogens with one attached hydrogen (secondary N) is 1. The second kappa shape index (κ2) is 7.32. The van der Waals surface area contributed by atoms with Gasteiger partial charge in [0.25, 0.3) is 0 Å². The molecular formula is C12H18FNO7. The van der Waals surface area contributed by atoms with E-state index < -0.39 is 55.2 Å². The average Bonchev–Trinajstić information content (AvgIpc) is 2.35. The Morgan fingerprint density at radius 1 is 1.24 bits per heavy atom. The minimum atomic E-state index is -1.88. The van der Waals surface area contributed by atoms with Crippen LogP contribution in [0.25, 0.3) is 0 Å². The molecule has 0 aromatic heterocycles. The maximum absolute atomic E-state index is 14.3. The predicted octanol–water partition coefficient (Wildman–Crippen LogP) is -0.959. The number of carbonyl (C=O) groups excluding carboxylic acids is 3. The zero-order valence-corrected chi connectivity index (χ0v) is 11.9. The lowest BCUT2D eigenvalue weighted by Crippen LogP contribution is -2.64. The maximum Gasteiger partial charge on any atom is 0.303 e. The largest absolute Gasteiger partial charge is 0.463 e. The topological polar surface area (TPSA) is 111 Å². The molecule has 5 atom stereocenters. The van der Waals surface area contributed by atoms with Gasteiger partial charge in [-0.05, 0) is 0 Å². The molecule has 0 spiro atoms. The molecule has 0 aromatic carbocycles. The second-order valence-electron chi connectivity index (χ2n) is 4.61. The molecule has 1 aliphatic heterocycles. The van der Waals surface area contributed by atoms with Crippen molar-refractivity contribution in [3.8, 4) is 0 Å². The Kier molecular flexibility index (Phi) is 6.03. The quantitative estimate of drug-likeness (QED) is 0.643. The Morgan fingerprint density at radius 2 is 1.86 bits per heavy atom. The van der Waals surface area contributed by atoms with Gasteiger partial charge in [-0.2, -0.15) is 0 Å². The molecule has 1 amide bonds. The Labute approximate surface area is 120 Å². The smallest absolute Gasteiger partial charge is 0.303 e. The van der Waals surface area contributed by atoms with Crippen molar-refractivity contribution in [2.45, 2.75) is 51.5 Å². The van der Waals surface area contributed by atoms with E-state index in [4.69, 9.17) is 9.47 Å². The number of esters is 2. The highest BCUT2D eigenvalue weighted by Crippen LogP contribution is 2.25. The van der Waals surface area contributed by atoms with Crippen LogP contribution >= 0.6 is 0 Å². The molecule has 9 heteroatoms. The number of ether oxygens (including phenoxy) is 3. The molecular weight excluding hydrogens is 289 g/mol. The highest BCUT2D eigenvalue weighted by Gasteiger charge is 2.48. The number of aliphatic hydroxyl groups is 1. The minimum Gasteiger partial charge on any atom is -0.463 e. The second-order valence-corrected chi connectivity index (χ2v) is 4.61. The van der Waals surface area contributed by atoms with Gasteiger partial charge in [0.1, 0.15) is 18.8 Å². The van der Waals surface area contributed by atoms with Crippen LogP contribution in [0.5, 0.6) is 0 Å². The number of amides is 1. The van der Waals surface area contributed by atoms with Gasteiger partial charge in [0.15, 0.2) is 18.6 Å². The minimum absolute atomic E-state index is 0.446. The lowest BCUT2D eigenvalue weighted by Gasteiger charge is -2.40. The summed E-state index contributed by atoms with van der Waals surface area (Å²) in [6, 6.07) is -1.25. The van der Waals surface area contributed by atoms with Crippen molar-refractivity contribution in [1.82, 2.24) is 5.32 Å². The van der Waals surface area contributed by atoms with E-state index in [9.17, 15) is 23.9 Å². The number of rotatable bonds is 4. The van der Waals surface area contributed by atoms with Crippen LogP contribution in [0.2, 0.25) is 0 Å². The standard InChI is InChI=1S/C12H18FNO7/c1-5(15)14-10-11(20-7(3)17)9(13)8(21-12(10)18)4-19-6(2)16/h8-12,18H,4H2,1-3H3,(H,14,15)/t8-,9+,10-,11+,12-/m1/s1. The zero-order chi connectivity index (χ0) is 16.2. The first-order chi connectivity index (χ1) is 9.72. The van der Waals surface area contributed by atoms with Crippen LogP contribution in [0.3, 0.4) is 0 Å². The lowest BCUT2D eigenvalue weighted by molar-refractivity contribution is -0.247. The van der Waals surface area contributed by atoms with E-state index in [2.05, 4.69) is 10.1 Å². The monoisotopic (exact) mass is 307 g/mol. The zero-order valence-electron chi connectivity index (χ0n) is 11.9. The normalized spacial score (nSPS) is 32.1. The number of hydrogen-bond donors (Lipinski definition) is 2. The number of aliphatic hydroxyl groups excluding tert-OH is 1. The van der Waals surface area contributed by atoms with Crippen LogP contribution in [-0.4, -0.2) is 60.3 Å².